The average Bonchev–Trinajstić information content (AvgIpc) is 2.68. The molecule has 3 aliphatic rings. The zero-order valence-electron chi connectivity index (χ0n) is 8.56. The van der Waals surface area contributed by atoms with Crippen molar-refractivity contribution in [3.05, 3.63) is 11.3 Å². The van der Waals surface area contributed by atoms with Crippen LogP contribution in [0.3, 0.4) is 0 Å². The summed E-state index contributed by atoms with van der Waals surface area (Å²) in [5.41, 5.74) is 5.17. The van der Waals surface area contributed by atoms with E-state index in [-0.39, 0.29) is 18.9 Å². The van der Waals surface area contributed by atoms with Crippen LogP contribution in [0, 0.1) is 0 Å². The fourth-order valence-corrected chi connectivity index (χ4v) is 2.12. The van der Waals surface area contributed by atoms with Crippen molar-refractivity contribution in [2.75, 3.05) is 20.3 Å². The van der Waals surface area contributed by atoms with Gasteiger partial charge in [0.15, 0.2) is 6.23 Å². The highest BCUT2D eigenvalue weighted by Gasteiger charge is 2.65. The van der Waals surface area contributed by atoms with Crippen LogP contribution in [-0.4, -0.2) is 49.1 Å². The lowest BCUT2D eigenvalue weighted by atomic mass is 9.96. The van der Waals surface area contributed by atoms with Gasteiger partial charge >= 0.3 is 5.97 Å². The van der Waals surface area contributed by atoms with Crippen molar-refractivity contribution >= 4 is 11.9 Å². The first-order valence-electron chi connectivity index (χ1n) is 4.78. The second-order valence-corrected chi connectivity index (χ2v) is 3.86. The molecule has 0 bridgehead atoms. The highest BCUT2D eigenvalue weighted by atomic mass is 16.6. The lowest BCUT2D eigenvalue weighted by Crippen LogP contribution is -2.80. The maximum absolute atomic E-state index is 11.8. The van der Waals surface area contributed by atoms with Crippen LogP contribution < -0.4 is 5.73 Å². The molecule has 3 rings (SSSR count). The van der Waals surface area contributed by atoms with Crippen molar-refractivity contribution in [1.82, 2.24) is 4.90 Å². The molecule has 0 radical (unpaired) electrons. The number of cyclic esters (lactones) is 1. The predicted octanol–water partition coefficient (Wildman–Crippen LogP) is -1.70. The Kier molecular flexibility index (Phi) is 1.72. The number of methoxy groups -OCH3 is 1. The number of nitrogens with zero attached hydrogens (tertiary/aromatic N) is 1. The van der Waals surface area contributed by atoms with E-state index >= 15 is 0 Å². The highest BCUT2D eigenvalue weighted by molar-refractivity contribution is 6.02. The normalized spacial score (nSPS) is 36.9. The van der Waals surface area contributed by atoms with Crippen LogP contribution >= 0.6 is 0 Å². The van der Waals surface area contributed by atoms with Crippen LogP contribution in [0.15, 0.2) is 11.3 Å². The summed E-state index contributed by atoms with van der Waals surface area (Å²) in [5, 5.41) is 0. The number of amides is 1. The van der Waals surface area contributed by atoms with Crippen molar-refractivity contribution in [3.8, 4) is 0 Å². The molecule has 2 N–H and O–H groups in total. The summed E-state index contributed by atoms with van der Waals surface area (Å²) in [6.07, 6.45) is -0.741. The lowest BCUT2D eigenvalue weighted by molar-refractivity contribution is -0.247. The first-order chi connectivity index (χ1) is 7.59. The van der Waals surface area contributed by atoms with E-state index in [0.29, 0.717) is 5.57 Å². The van der Waals surface area contributed by atoms with Gasteiger partial charge in [0.25, 0.3) is 5.91 Å². The summed E-state index contributed by atoms with van der Waals surface area (Å²) in [5.74, 6) is -0.985. The molecule has 0 aliphatic carbocycles. The number of carbonyl (C=O) groups is 2. The first kappa shape index (κ1) is 9.76. The van der Waals surface area contributed by atoms with Crippen LogP contribution in [0.2, 0.25) is 0 Å². The molecule has 0 aromatic heterocycles. The summed E-state index contributed by atoms with van der Waals surface area (Å²) < 4.78 is 15.1. The topological polar surface area (TPSA) is 91.1 Å². The zero-order chi connectivity index (χ0) is 11.5. The van der Waals surface area contributed by atoms with Gasteiger partial charge in [0.2, 0.25) is 5.72 Å². The van der Waals surface area contributed by atoms with Crippen molar-refractivity contribution < 1.29 is 23.8 Å². The molecule has 1 amide bonds. The number of esters is 1. The number of carbonyl (C=O) groups excluding carboxylic acids is 2. The minimum atomic E-state index is -1.48. The van der Waals surface area contributed by atoms with Gasteiger partial charge in [-0.05, 0) is 0 Å². The molecule has 0 saturated carbocycles. The fourth-order valence-electron chi connectivity index (χ4n) is 2.12. The molecule has 0 aromatic carbocycles. The zero-order valence-corrected chi connectivity index (χ0v) is 8.56. The van der Waals surface area contributed by atoms with E-state index in [1.165, 1.54) is 12.0 Å². The van der Waals surface area contributed by atoms with E-state index < -0.39 is 23.8 Å². The second-order valence-electron chi connectivity index (χ2n) is 3.86. The van der Waals surface area contributed by atoms with Gasteiger partial charge in [-0.3, -0.25) is 15.4 Å². The minimum absolute atomic E-state index is 0.176. The molecule has 2 atom stereocenters. The Bertz CT molecular complexity index is 432. The summed E-state index contributed by atoms with van der Waals surface area (Å²) in [7, 11) is 1.33. The summed E-state index contributed by atoms with van der Waals surface area (Å²) in [6.45, 7) is 0.410. The Morgan fingerprint density at radius 3 is 2.94 bits per heavy atom. The second kappa shape index (κ2) is 2.82. The average molecular weight is 226 g/mol. The molecule has 16 heavy (non-hydrogen) atoms. The number of ether oxygens (including phenoxy) is 3. The fraction of sp³-hybridized carbons (Fsp3) is 0.556. The van der Waals surface area contributed by atoms with E-state index in [4.69, 9.17) is 19.9 Å². The SMILES string of the molecule is CO[C@@]1(N)C(=O)N2C3=C(COC3=O)COC21. The van der Waals surface area contributed by atoms with Gasteiger partial charge in [-0.1, -0.05) is 0 Å². The monoisotopic (exact) mass is 226 g/mol. The number of fused-ring (bicyclic) bond motifs is 2. The van der Waals surface area contributed by atoms with E-state index in [1.807, 2.05) is 0 Å². The van der Waals surface area contributed by atoms with Crippen molar-refractivity contribution in [1.29, 1.82) is 0 Å². The third-order valence-corrected chi connectivity index (χ3v) is 3.05. The number of rotatable bonds is 1. The molecular formula is C9H10N2O5. The van der Waals surface area contributed by atoms with Crippen LogP contribution in [-0.2, 0) is 23.8 Å². The van der Waals surface area contributed by atoms with E-state index in [0.717, 1.165) is 0 Å². The van der Waals surface area contributed by atoms with Gasteiger partial charge in [0.1, 0.15) is 12.3 Å². The third-order valence-electron chi connectivity index (χ3n) is 3.05. The Balaban J connectivity index is 2.00. The predicted molar refractivity (Wildman–Crippen MR) is 48.5 cm³/mol. The Morgan fingerprint density at radius 2 is 2.25 bits per heavy atom. The molecule has 86 valence electrons. The van der Waals surface area contributed by atoms with Gasteiger partial charge in [-0.25, -0.2) is 4.79 Å². The summed E-state index contributed by atoms with van der Waals surface area (Å²) in [4.78, 5) is 24.4. The molecule has 1 saturated heterocycles. The lowest BCUT2D eigenvalue weighted by Gasteiger charge is -2.52. The van der Waals surface area contributed by atoms with E-state index in [2.05, 4.69) is 0 Å². The maximum atomic E-state index is 11.8. The Hall–Kier alpha value is -1.44. The van der Waals surface area contributed by atoms with E-state index in [9.17, 15) is 9.59 Å². The summed E-state index contributed by atoms with van der Waals surface area (Å²) in [6, 6.07) is 0. The molecule has 7 heteroatoms. The largest absolute Gasteiger partial charge is 0.456 e. The standard InChI is InChI=1S/C9H10N2O5/c1-14-9(10)7(13)11-5-4(2-15-6(5)12)3-16-8(9)11/h8H,2-3,10H2,1H3/t8?,9-/m0/s1. The van der Waals surface area contributed by atoms with Gasteiger partial charge < -0.3 is 14.2 Å². The first-order valence-corrected chi connectivity index (χ1v) is 4.78. The van der Waals surface area contributed by atoms with Gasteiger partial charge in [0.05, 0.1) is 6.61 Å². The number of nitrogens with two attached hydrogens (primary N) is 1. The number of β-lactam (4-membered cyclic amide) rings is 1. The molecule has 0 aromatic rings. The molecule has 1 fully saturated rings. The number of hydrogen-bond acceptors (Lipinski definition) is 6. The van der Waals surface area contributed by atoms with Gasteiger partial charge in [0, 0.05) is 12.7 Å². The minimum Gasteiger partial charge on any atom is -0.456 e. The van der Waals surface area contributed by atoms with Gasteiger partial charge in [-0.15, -0.1) is 0 Å². The maximum Gasteiger partial charge on any atom is 0.355 e. The molecule has 3 heterocycles. The molecule has 7 nitrogen and oxygen atoms in total. The van der Waals surface area contributed by atoms with Crippen molar-refractivity contribution in [2.45, 2.75) is 12.0 Å². The smallest absolute Gasteiger partial charge is 0.355 e. The van der Waals surface area contributed by atoms with E-state index in [1.54, 1.807) is 0 Å². The Morgan fingerprint density at radius 1 is 1.50 bits per heavy atom. The molecule has 1 unspecified atom stereocenters. The molecule has 3 aliphatic heterocycles. The van der Waals surface area contributed by atoms with Crippen LogP contribution in [0.25, 0.3) is 0 Å². The highest BCUT2D eigenvalue weighted by Crippen LogP contribution is 2.40. The quantitative estimate of drug-likeness (QED) is 0.325. The third kappa shape index (κ3) is 0.885. The molecular weight excluding hydrogens is 216 g/mol. The van der Waals surface area contributed by atoms with Crippen LogP contribution in [0.5, 0.6) is 0 Å². The molecule has 0 spiro atoms. The van der Waals surface area contributed by atoms with Crippen molar-refractivity contribution in [3.63, 3.8) is 0 Å². The van der Waals surface area contributed by atoms with Crippen LogP contribution in [0.1, 0.15) is 0 Å². The Labute approximate surface area is 90.7 Å². The van der Waals surface area contributed by atoms with Gasteiger partial charge in [-0.2, -0.15) is 0 Å². The summed E-state index contributed by atoms with van der Waals surface area (Å²) >= 11 is 0. The number of hydrogen-bond donors (Lipinski definition) is 1. The van der Waals surface area contributed by atoms with Crippen LogP contribution in [0.4, 0.5) is 0 Å². The van der Waals surface area contributed by atoms with Crippen molar-refractivity contribution in [2.24, 2.45) is 5.73 Å².